The van der Waals surface area contributed by atoms with Crippen molar-refractivity contribution in [3.63, 3.8) is 0 Å². The van der Waals surface area contributed by atoms with E-state index in [0.29, 0.717) is 17.1 Å². The van der Waals surface area contributed by atoms with Crippen molar-refractivity contribution in [2.45, 2.75) is 13.0 Å². The average molecular weight is 292 g/mol. The van der Waals surface area contributed by atoms with Crippen molar-refractivity contribution in [2.75, 3.05) is 13.2 Å². The minimum Gasteiger partial charge on any atom is -0.469 e. The van der Waals surface area contributed by atoms with E-state index in [-0.39, 0.29) is 13.2 Å². The highest BCUT2D eigenvalue weighted by Gasteiger charge is 2.17. The van der Waals surface area contributed by atoms with Gasteiger partial charge in [0.05, 0.1) is 31.2 Å². The fourth-order valence-electron chi connectivity index (χ4n) is 1.82. The summed E-state index contributed by atoms with van der Waals surface area (Å²) in [7, 11) is 0. The molecule has 0 aliphatic carbocycles. The minimum absolute atomic E-state index is 0.208. The monoisotopic (exact) mass is 292 g/mol. The molecule has 0 radical (unpaired) electrons. The van der Waals surface area contributed by atoms with E-state index in [1.807, 2.05) is 0 Å². The van der Waals surface area contributed by atoms with Gasteiger partial charge >= 0.3 is 0 Å². The molecule has 1 unspecified atom stereocenters. The van der Waals surface area contributed by atoms with Crippen LogP contribution in [0.15, 0.2) is 39.6 Å². The molecule has 0 saturated carbocycles. The number of aliphatic hydroxyl groups is 1. The zero-order chi connectivity index (χ0) is 15.2. The Balaban J connectivity index is 1.85. The van der Waals surface area contributed by atoms with Gasteiger partial charge in [-0.05, 0) is 25.1 Å². The number of furan rings is 2. The van der Waals surface area contributed by atoms with Crippen LogP contribution in [-0.4, -0.2) is 30.1 Å². The van der Waals surface area contributed by atoms with Gasteiger partial charge in [-0.3, -0.25) is 9.59 Å². The number of carbonyl (C=O) groups excluding carboxylic acids is 2. The summed E-state index contributed by atoms with van der Waals surface area (Å²) in [6.45, 7) is 1.16. The quantitative estimate of drug-likeness (QED) is 0.729. The van der Waals surface area contributed by atoms with Crippen LogP contribution in [0.1, 0.15) is 27.9 Å². The smallest absolute Gasteiger partial charge is 0.255 e. The molecule has 2 aromatic rings. The van der Waals surface area contributed by atoms with Crippen molar-refractivity contribution in [3.05, 3.63) is 47.8 Å². The third-order valence-electron chi connectivity index (χ3n) is 2.92. The first-order valence-corrected chi connectivity index (χ1v) is 6.37. The summed E-state index contributed by atoms with van der Waals surface area (Å²) in [6, 6.07) is 4.20. The molecule has 2 heterocycles. The van der Waals surface area contributed by atoms with Crippen LogP contribution in [0.2, 0.25) is 0 Å². The molecule has 3 N–H and O–H groups in total. The van der Waals surface area contributed by atoms with Gasteiger partial charge in [0.1, 0.15) is 17.6 Å². The van der Waals surface area contributed by atoms with Crippen LogP contribution < -0.4 is 10.6 Å². The van der Waals surface area contributed by atoms with Crippen LogP contribution in [-0.2, 0) is 4.79 Å². The Bertz CT molecular complexity index is 603. The number of amides is 2. The minimum atomic E-state index is -0.639. The van der Waals surface area contributed by atoms with E-state index in [9.17, 15) is 14.7 Å². The second kappa shape index (κ2) is 6.76. The summed E-state index contributed by atoms with van der Waals surface area (Å²) in [4.78, 5) is 23.6. The lowest BCUT2D eigenvalue weighted by Crippen LogP contribution is -2.39. The highest BCUT2D eigenvalue weighted by molar-refractivity contribution is 5.97. The molecule has 0 bridgehead atoms. The highest BCUT2D eigenvalue weighted by Crippen LogP contribution is 2.12. The molecule has 0 aliphatic rings. The fraction of sp³-hybridized carbons (Fsp3) is 0.286. The van der Waals surface area contributed by atoms with E-state index in [0.717, 1.165) is 0 Å². The van der Waals surface area contributed by atoms with E-state index in [1.165, 1.54) is 18.6 Å². The second-order valence-electron chi connectivity index (χ2n) is 4.39. The predicted molar refractivity (Wildman–Crippen MR) is 72.5 cm³/mol. The lowest BCUT2D eigenvalue weighted by molar-refractivity contribution is -0.121. The van der Waals surface area contributed by atoms with Crippen molar-refractivity contribution in [2.24, 2.45) is 0 Å². The molecular formula is C14H16N2O5. The molecule has 2 rings (SSSR count). The van der Waals surface area contributed by atoms with Gasteiger partial charge in [0.25, 0.3) is 5.91 Å². The standard InChI is InChI=1S/C14H16N2O5/c1-9-10(4-6-20-9)14(19)15-7-13(18)16-11(8-17)12-3-2-5-21-12/h2-6,11,17H,7-8H2,1H3,(H,15,19)(H,16,18). The first kappa shape index (κ1) is 14.9. The number of aryl methyl sites for hydroxylation is 1. The van der Waals surface area contributed by atoms with Crippen LogP contribution in [0.4, 0.5) is 0 Å². The van der Waals surface area contributed by atoms with Crippen LogP contribution in [0.5, 0.6) is 0 Å². The zero-order valence-electron chi connectivity index (χ0n) is 11.5. The first-order valence-electron chi connectivity index (χ1n) is 6.37. The fourth-order valence-corrected chi connectivity index (χ4v) is 1.82. The molecule has 7 nitrogen and oxygen atoms in total. The zero-order valence-corrected chi connectivity index (χ0v) is 11.5. The predicted octanol–water partition coefficient (Wildman–Crippen LogP) is 0.761. The van der Waals surface area contributed by atoms with Gasteiger partial charge in [0, 0.05) is 0 Å². The highest BCUT2D eigenvalue weighted by atomic mass is 16.3. The molecule has 7 heteroatoms. The molecule has 0 aliphatic heterocycles. The summed E-state index contributed by atoms with van der Waals surface area (Å²) in [5.74, 6) is 0.106. The SMILES string of the molecule is Cc1occc1C(=O)NCC(=O)NC(CO)c1ccco1. The molecule has 2 aromatic heterocycles. The molecule has 1 atom stereocenters. The Morgan fingerprint density at radius 1 is 1.29 bits per heavy atom. The van der Waals surface area contributed by atoms with Crippen LogP contribution >= 0.6 is 0 Å². The number of carbonyl (C=O) groups is 2. The normalized spacial score (nSPS) is 11.9. The molecule has 0 aromatic carbocycles. The summed E-state index contributed by atoms with van der Waals surface area (Å²) in [5, 5.41) is 14.3. The molecule has 21 heavy (non-hydrogen) atoms. The summed E-state index contributed by atoms with van der Waals surface area (Å²) in [6.07, 6.45) is 2.86. The lowest BCUT2D eigenvalue weighted by atomic mass is 10.2. The van der Waals surface area contributed by atoms with Gasteiger partial charge in [-0.2, -0.15) is 0 Å². The number of hydrogen-bond acceptors (Lipinski definition) is 5. The van der Waals surface area contributed by atoms with E-state index in [1.54, 1.807) is 19.1 Å². The Morgan fingerprint density at radius 2 is 2.10 bits per heavy atom. The van der Waals surface area contributed by atoms with Crippen molar-refractivity contribution in [1.29, 1.82) is 0 Å². The van der Waals surface area contributed by atoms with Gasteiger partial charge in [-0.25, -0.2) is 0 Å². The number of rotatable bonds is 6. The maximum Gasteiger partial charge on any atom is 0.255 e. The number of hydrogen-bond donors (Lipinski definition) is 3. The van der Waals surface area contributed by atoms with E-state index >= 15 is 0 Å². The second-order valence-corrected chi connectivity index (χ2v) is 4.39. The average Bonchev–Trinajstić information content (AvgIpc) is 3.13. The molecule has 0 saturated heterocycles. The van der Waals surface area contributed by atoms with E-state index < -0.39 is 17.9 Å². The van der Waals surface area contributed by atoms with Crippen LogP contribution in [0, 0.1) is 6.92 Å². The summed E-state index contributed by atoms with van der Waals surface area (Å²) < 4.78 is 10.1. The number of nitrogens with one attached hydrogen (secondary N) is 2. The third-order valence-corrected chi connectivity index (χ3v) is 2.92. The summed E-state index contributed by atoms with van der Waals surface area (Å²) in [5.41, 5.74) is 0.382. The van der Waals surface area contributed by atoms with E-state index in [4.69, 9.17) is 8.83 Å². The largest absolute Gasteiger partial charge is 0.469 e. The van der Waals surface area contributed by atoms with Crippen molar-refractivity contribution in [1.82, 2.24) is 10.6 Å². The van der Waals surface area contributed by atoms with Crippen molar-refractivity contribution >= 4 is 11.8 Å². The Labute approximate surface area is 120 Å². The Morgan fingerprint density at radius 3 is 2.67 bits per heavy atom. The maximum atomic E-state index is 11.8. The van der Waals surface area contributed by atoms with Crippen molar-refractivity contribution in [3.8, 4) is 0 Å². The van der Waals surface area contributed by atoms with Crippen LogP contribution in [0.25, 0.3) is 0 Å². The molecular weight excluding hydrogens is 276 g/mol. The van der Waals surface area contributed by atoms with Gasteiger partial charge in [-0.1, -0.05) is 0 Å². The Kier molecular flexibility index (Phi) is 4.78. The lowest BCUT2D eigenvalue weighted by Gasteiger charge is -2.14. The van der Waals surface area contributed by atoms with Gasteiger partial charge in [-0.15, -0.1) is 0 Å². The van der Waals surface area contributed by atoms with Crippen molar-refractivity contribution < 1.29 is 23.5 Å². The topological polar surface area (TPSA) is 105 Å². The van der Waals surface area contributed by atoms with E-state index in [2.05, 4.69) is 10.6 Å². The molecule has 112 valence electrons. The maximum absolute atomic E-state index is 11.8. The van der Waals surface area contributed by atoms with Crippen LogP contribution in [0.3, 0.4) is 0 Å². The third kappa shape index (κ3) is 3.73. The van der Waals surface area contributed by atoms with Gasteiger partial charge in [0.2, 0.25) is 5.91 Å². The number of aliphatic hydroxyl groups excluding tert-OH is 1. The van der Waals surface area contributed by atoms with Gasteiger partial charge < -0.3 is 24.6 Å². The van der Waals surface area contributed by atoms with Gasteiger partial charge in [0.15, 0.2) is 0 Å². The molecule has 0 fully saturated rings. The molecule has 0 spiro atoms. The first-order chi connectivity index (χ1) is 10.1. The Hall–Kier alpha value is -2.54. The summed E-state index contributed by atoms with van der Waals surface area (Å²) >= 11 is 0. The molecule has 2 amide bonds.